The van der Waals surface area contributed by atoms with Gasteiger partial charge in [0.1, 0.15) is 0 Å². The third-order valence-corrected chi connectivity index (χ3v) is 2.86. The van der Waals surface area contributed by atoms with E-state index in [4.69, 9.17) is 34.3 Å². The first-order chi connectivity index (χ1) is 4.06. The van der Waals surface area contributed by atoms with Gasteiger partial charge in [-0.05, 0) is 18.2 Å². The van der Waals surface area contributed by atoms with E-state index in [9.17, 15) is 0 Å². The van der Waals surface area contributed by atoms with Crippen molar-refractivity contribution in [1.82, 2.24) is 5.09 Å². The molecule has 1 N–H and O–H groups in total. The van der Waals surface area contributed by atoms with E-state index in [1.807, 2.05) is 0 Å². The fourth-order valence-electron chi connectivity index (χ4n) is 0.276. The van der Waals surface area contributed by atoms with Gasteiger partial charge in [0.05, 0.1) is 0 Å². The Kier molecular flexibility index (Phi) is 6.33. The topological polar surface area (TPSA) is 12.0 Å². The monoisotopic (exact) mass is 269 g/mol. The number of alkyl halides is 1. The summed E-state index contributed by atoms with van der Waals surface area (Å²) in [5, 5.41) is 3.80. The first-order valence-electron chi connectivity index (χ1n) is 2.37. The van der Waals surface area contributed by atoms with Crippen molar-refractivity contribution >= 4 is 55.1 Å². The van der Waals surface area contributed by atoms with E-state index in [2.05, 4.69) is 21.0 Å². The molecule has 0 radical (unpaired) electrons. The highest BCUT2D eigenvalue weighted by Gasteiger charge is 2.03. The minimum absolute atomic E-state index is 0.787. The Labute approximate surface area is 78.3 Å². The van der Waals surface area contributed by atoms with E-state index in [-0.39, 0.29) is 0 Å². The minimum atomic E-state index is -2.19. The quantitative estimate of drug-likeness (QED) is 0.479. The zero-order valence-electron chi connectivity index (χ0n) is 4.61. The predicted molar refractivity (Wildman–Crippen MR) is 52.4 cm³/mol. The lowest BCUT2D eigenvalue weighted by atomic mass is 10.5. The molecular weight excluding hydrogens is 264 g/mol. The van der Waals surface area contributed by atoms with Crippen LogP contribution in [0.15, 0.2) is 0 Å². The second kappa shape index (κ2) is 5.34. The van der Waals surface area contributed by atoms with E-state index in [0.717, 1.165) is 18.3 Å². The molecule has 0 aliphatic rings. The van der Waals surface area contributed by atoms with Gasteiger partial charge in [-0.1, -0.05) is 38.4 Å². The van der Waals surface area contributed by atoms with Crippen LogP contribution in [0.1, 0.15) is 6.42 Å². The number of rotatable bonds is 4. The number of hydrogen-bond acceptors (Lipinski definition) is 1. The molecule has 0 aromatic carbocycles. The summed E-state index contributed by atoms with van der Waals surface area (Å²) in [7, 11) is 0. The SMILES string of the molecule is S=P(Cl)(Cl)NCCCBr. The Morgan fingerprint density at radius 2 is 2.11 bits per heavy atom. The predicted octanol–water partition coefficient (Wildman–Crippen LogP) is 3.06. The second-order valence-corrected chi connectivity index (χ2v) is 9.85. The van der Waals surface area contributed by atoms with E-state index in [1.165, 1.54) is 0 Å². The van der Waals surface area contributed by atoms with Crippen LogP contribution in [0.2, 0.25) is 0 Å². The van der Waals surface area contributed by atoms with Crippen LogP contribution in [0.5, 0.6) is 0 Å². The van der Waals surface area contributed by atoms with Crippen LogP contribution in [-0.4, -0.2) is 11.9 Å². The van der Waals surface area contributed by atoms with E-state index < -0.39 is 4.89 Å². The van der Waals surface area contributed by atoms with Crippen molar-refractivity contribution < 1.29 is 0 Å². The molecule has 0 saturated carbocycles. The summed E-state index contributed by atoms with van der Waals surface area (Å²) in [6.45, 7) is 0.787. The van der Waals surface area contributed by atoms with E-state index >= 15 is 0 Å². The van der Waals surface area contributed by atoms with Crippen molar-refractivity contribution in [2.75, 3.05) is 11.9 Å². The zero-order valence-corrected chi connectivity index (χ0v) is 9.42. The largest absolute Gasteiger partial charge is 0.265 e. The maximum atomic E-state index is 5.53. The molecular formula is C3H7BrCl2NPS. The van der Waals surface area contributed by atoms with Gasteiger partial charge in [0.15, 0.2) is 4.89 Å². The lowest BCUT2D eigenvalue weighted by Gasteiger charge is -2.05. The number of halogens is 3. The third-order valence-electron chi connectivity index (χ3n) is 0.606. The smallest absolute Gasteiger partial charge is 0.181 e. The lowest BCUT2D eigenvalue weighted by molar-refractivity contribution is 0.888. The standard InChI is InChI=1S/C3H7BrCl2NPS/c4-2-1-3-7-8(5,6)9/h1-3H2,(H,7,9). The molecule has 0 aromatic rings. The van der Waals surface area contributed by atoms with Gasteiger partial charge in [0, 0.05) is 11.9 Å². The molecule has 1 nitrogen and oxygen atoms in total. The highest BCUT2D eigenvalue weighted by atomic mass is 79.9. The van der Waals surface area contributed by atoms with Gasteiger partial charge in [-0.2, -0.15) is 0 Å². The summed E-state index contributed by atoms with van der Waals surface area (Å²) >= 11 is 19.1. The van der Waals surface area contributed by atoms with Gasteiger partial charge in [0.2, 0.25) is 0 Å². The van der Waals surface area contributed by atoms with Gasteiger partial charge in [-0.3, -0.25) is 5.09 Å². The Morgan fingerprint density at radius 3 is 2.44 bits per heavy atom. The van der Waals surface area contributed by atoms with Gasteiger partial charge in [0.25, 0.3) is 0 Å². The van der Waals surface area contributed by atoms with Crippen molar-refractivity contribution in [2.45, 2.75) is 6.42 Å². The van der Waals surface area contributed by atoms with Crippen molar-refractivity contribution in [1.29, 1.82) is 0 Å². The summed E-state index contributed by atoms with van der Waals surface area (Å²) in [5.74, 6) is 0. The molecule has 0 aromatic heterocycles. The molecule has 0 heterocycles. The summed E-state index contributed by atoms with van der Waals surface area (Å²) in [6, 6.07) is 0. The Morgan fingerprint density at radius 1 is 1.56 bits per heavy atom. The van der Waals surface area contributed by atoms with Crippen LogP contribution in [-0.2, 0) is 11.8 Å². The first-order valence-corrected chi connectivity index (χ1v) is 8.10. The maximum Gasteiger partial charge on any atom is 0.181 e. The molecule has 0 unspecified atom stereocenters. The van der Waals surface area contributed by atoms with Gasteiger partial charge < -0.3 is 0 Å². The zero-order chi connectivity index (χ0) is 7.33. The number of hydrogen-bond donors (Lipinski definition) is 1. The Bertz CT molecular complexity index is 116. The molecule has 0 aliphatic heterocycles. The lowest BCUT2D eigenvalue weighted by Crippen LogP contribution is -2.05. The van der Waals surface area contributed by atoms with Crippen molar-refractivity contribution in [3.63, 3.8) is 0 Å². The van der Waals surface area contributed by atoms with E-state index in [0.29, 0.717) is 0 Å². The summed E-state index contributed by atoms with van der Waals surface area (Å²) in [6.07, 6.45) is 0.998. The molecule has 56 valence electrons. The molecule has 9 heavy (non-hydrogen) atoms. The highest BCUT2D eigenvalue weighted by molar-refractivity contribution is 9.09. The Hall–Kier alpha value is 1.67. The fourth-order valence-corrected chi connectivity index (χ4v) is 1.76. The molecule has 0 saturated heterocycles. The maximum absolute atomic E-state index is 5.53. The van der Waals surface area contributed by atoms with Crippen molar-refractivity contribution in [3.05, 3.63) is 0 Å². The summed E-state index contributed by atoms with van der Waals surface area (Å²) in [5.41, 5.74) is 0. The van der Waals surface area contributed by atoms with Crippen molar-refractivity contribution in [3.8, 4) is 0 Å². The minimum Gasteiger partial charge on any atom is -0.265 e. The normalized spacial score (nSPS) is 11.9. The second-order valence-electron chi connectivity index (χ2n) is 1.41. The molecule has 0 aliphatic carbocycles. The average molecular weight is 271 g/mol. The molecule has 0 atom stereocenters. The molecule has 0 rings (SSSR count). The van der Waals surface area contributed by atoms with Crippen LogP contribution >= 0.6 is 43.3 Å². The fraction of sp³-hybridized carbons (Fsp3) is 1.00. The molecule has 0 fully saturated rings. The van der Waals surface area contributed by atoms with Crippen LogP contribution in [0.25, 0.3) is 0 Å². The first kappa shape index (κ1) is 10.7. The number of nitrogens with one attached hydrogen (secondary N) is 1. The van der Waals surface area contributed by atoms with Crippen LogP contribution < -0.4 is 5.09 Å². The molecule has 0 bridgehead atoms. The molecule has 0 amide bonds. The van der Waals surface area contributed by atoms with Gasteiger partial charge in [-0.25, -0.2) is 0 Å². The van der Waals surface area contributed by atoms with Gasteiger partial charge in [-0.15, -0.1) is 0 Å². The molecule has 0 spiro atoms. The molecule has 6 heteroatoms. The van der Waals surface area contributed by atoms with Crippen LogP contribution in [0.4, 0.5) is 0 Å². The van der Waals surface area contributed by atoms with Crippen LogP contribution in [0, 0.1) is 0 Å². The average Bonchev–Trinajstić information content (AvgIpc) is 1.63. The summed E-state index contributed by atoms with van der Waals surface area (Å²) in [4.78, 5) is -2.19. The Balaban J connectivity index is 3.18. The third kappa shape index (κ3) is 9.67. The van der Waals surface area contributed by atoms with Gasteiger partial charge >= 0.3 is 0 Å². The van der Waals surface area contributed by atoms with Crippen molar-refractivity contribution in [2.24, 2.45) is 0 Å². The van der Waals surface area contributed by atoms with Crippen LogP contribution in [0.3, 0.4) is 0 Å². The highest BCUT2D eigenvalue weighted by Crippen LogP contribution is 2.52. The van der Waals surface area contributed by atoms with E-state index in [1.54, 1.807) is 0 Å². The summed E-state index contributed by atoms with van der Waals surface area (Å²) < 4.78 is 0.